The van der Waals surface area contributed by atoms with Crippen molar-refractivity contribution in [3.63, 3.8) is 0 Å². The summed E-state index contributed by atoms with van der Waals surface area (Å²) in [6, 6.07) is 6.15. The molecule has 2 saturated heterocycles. The molecule has 0 unspecified atom stereocenters. The fourth-order valence-corrected chi connectivity index (χ4v) is 9.02. The Bertz CT molecular complexity index is 1620. The number of aromatic nitrogens is 3. The lowest BCUT2D eigenvalue weighted by Crippen LogP contribution is -2.59. The zero-order chi connectivity index (χ0) is 43.3. The van der Waals surface area contributed by atoms with Gasteiger partial charge in [0.15, 0.2) is 6.29 Å². The molecule has 58 heavy (non-hydrogen) atoms. The van der Waals surface area contributed by atoms with E-state index in [1.54, 1.807) is 37.6 Å². The van der Waals surface area contributed by atoms with Crippen molar-refractivity contribution in [1.29, 1.82) is 0 Å². The van der Waals surface area contributed by atoms with E-state index in [4.69, 9.17) is 24.7 Å². The Morgan fingerprint density at radius 3 is 2.36 bits per heavy atom. The van der Waals surface area contributed by atoms with Gasteiger partial charge in [0.05, 0.1) is 42.1 Å². The van der Waals surface area contributed by atoms with Crippen LogP contribution in [-0.4, -0.2) is 158 Å². The average molecular weight is 819 g/mol. The number of nitrogens with zero attached hydrogens (tertiary/aromatic N) is 5. The van der Waals surface area contributed by atoms with Crippen LogP contribution in [-0.2, 0) is 36.7 Å². The van der Waals surface area contributed by atoms with Gasteiger partial charge >= 0.3 is 5.97 Å². The molecular weight excluding hydrogens is 748 g/mol. The highest BCUT2D eigenvalue weighted by atomic mass is 16.7. The van der Waals surface area contributed by atoms with Gasteiger partial charge in [-0.1, -0.05) is 38.1 Å². The van der Waals surface area contributed by atoms with E-state index in [2.05, 4.69) is 15.2 Å². The second-order valence-electron chi connectivity index (χ2n) is 17.6. The van der Waals surface area contributed by atoms with Crippen molar-refractivity contribution < 1.29 is 49.0 Å². The zero-order valence-electron chi connectivity index (χ0n) is 36.3. The number of esters is 1. The van der Waals surface area contributed by atoms with Crippen molar-refractivity contribution in [2.45, 2.75) is 154 Å². The number of methoxy groups -OCH3 is 1. The predicted octanol–water partition coefficient (Wildman–Crippen LogP) is 1.98. The van der Waals surface area contributed by atoms with Gasteiger partial charge in [0.1, 0.15) is 23.9 Å². The SMILES string of the molecule is CC[C@H]1OC(=O)[C@H](C)[C@@H](OC)[C@H](C)[C@@H](O[C@@H]2O[C@H](C)C[C@H](N(C)CCc3cn(Cc4ccc(C(N)=O)cc4)nn3)[C@H]2O)[C@](C)(O)C[C@@H](C)CN(C)[C@H](C)[C@@H](O)[C@]1(C)O. The standard InChI is InChI=1S/C42H70N6O10/c1-12-33-42(8,54)36(50)28(6)47(10)21-24(2)20-41(7,53)37(26(4)35(55-11)27(5)39(52)57-33)58-40-34(49)32(19-25(3)56-40)46(9)18-17-31-23-48(45-44-31)22-29-13-15-30(16-14-29)38(43)51/h13-16,23-28,32-37,40,49-50,53-54H,12,17-22H2,1-11H3,(H2,43,51)/t24-,25-,26+,27-,28-,32+,33-,34-,35+,36-,37-,40+,41-,42-/m1/s1. The number of hydrogen-bond acceptors (Lipinski definition) is 14. The lowest BCUT2D eigenvalue weighted by molar-refractivity contribution is -0.300. The number of hydrogen-bond donors (Lipinski definition) is 5. The highest BCUT2D eigenvalue weighted by Crippen LogP contribution is 2.37. The highest BCUT2D eigenvalue weighted by Gasteiger charge is 2.50. The van der Waals surface area contributed by atoms with E-state index in [1.807, 2.05) is 65.0 Å². The summed E-state index contributed by atoms with van der Waals surface area (Å²) in [5, 5.41) is 55.9. The third-order valence-corrected chi connectivity index (χ3v) is 12.5. The summed E-state index contributed by atoms with van der Waals surface area (Å²) in [7, 11) is 5.27. The average Bonchev–Trinajstić information content (AvgIpc) is 3.61. The normalized spacial score (nSPS) is 37.6. The van der Waals surface area contributed by atoms with Crippen LogP contribution in [0, 0.1) is 17.8 Å². The summed E-state index contributed by atoms with van der Waals surface area (Å²) in [6.45, 7) is 15.7. The van der Waals surface area contributed by atoms with E-state index in [-0.39, 0.29) is 30.9 Å². The van der Waals surface area contributed by atoms with E-state index in [0.29, 0.717) is 38.0 Å². The van der Waals surface area contributed by atoms with E-state index in [0.717, 1.165) is 11.3 Å². The molecule has 0 spiro atoms. The molecule has 16 nitrogen and oxygen atoms in total. The number of nitrogens with two attached hydrogens (primary N) is 1. The monoisotopic (exact) mass is 819 g/mol. The van der Waals surface area contributed by atoms with E-state index < -0.39 is 77.8 Å². The Morgan fingerprint density at radius 2 is 1.76 bits per heavy atom. The number of benzene rings is 1. The maximum atomic E-state index is 13.8. The van der Waals surface area contributed by atoms with Crippen LogP contribution in [0.2, 0.25) is 0 Å². The molecule has 1 amide bonds. The molecule has 2 aliphatic heterocycles. The summed E-state index contributed by atoms with van der Waals surface area (Å²) < 4.78 is 26.6. The van der Waals surface area contributed by atoms with E-state index >= 15 is 0 Å². The van der Waals surface area contributed by atoms with E-state index in [9.17, 15) is 30.0 Å². The van der Waals surface area contributed by atoms with Gasteiger partial charge in [-0.2, -0.15) is 0 Å². The summed E-state index contributed by atoms with van der Waals surface area (Å²) in [5.41, 5.74) is 4.27. The van der Waals surface area contributed by atoms with Gasteiger partial charge in [-0.3, -0.25) is 9.59 Å². The van der Waals surface area contributed by atoms with Crippen LogP contribution >= 0.6 is 0 Å². The summed E-state index contributed by atoms with van der Waals surface area (Å²) in [6.07, 6.45) is -3.04. The minimum atomic E-state index is -1.75. The Labute approximate surface area is 343 Å². The second-order valence-corrected chi connectivity index (χ2v) is 17.6. The van der Waals surface area contributed by atoms with Crippen molar-refractivity contribution >= 4 is 11.9 Å². The number of aliphatic hydroxyl groups excluding tert-OH is 2. The fourth-order valence-electron chi connectivity index (χ4n) is 9.02. The fraction of sp³-hybridized carbons (Fsp3) is 0.762. The predicted molar refractivity (Wildman–Crippen MR) is 216 cm³/mol. The Balaban J connectivity index is 1.54. The molecule has 1 aromatic heterocycles. The number of likely N-dealkylation sites (N-methyl/N-ethyl adjacent to an activating group) is 2. The minimum absolute atomic E-state index is 0.114. The molecule has 16 heteroatoms. The first kappa shape index (κ1) is 47.6. The molecule has 1 aromatic carbocycles. The van der Waals surface area contributed by atoms with Crippen LogP contribution in [0.25, 0.3) is 0 Å². The molecule has 3 heterocycles. The summed E-state index contributed by atoms with van der Waals surface area (Å²) >= 11 is 0. The largest absolute Gasteiger partial charge is 0.459 e. The highest BCUT2D eigenvalue weighted by molar-refractivity contribution is 5.92. The quantitative estimate of drug-likeness (QED) is 0.205. The third-order valence-electron chi connectivity index (χ3n) is 12.5. The number of cyclic esters (lactones) is 1. The first-order valence-electron chi connectivity index (χ1n) is 20.6. The number of amides is 1. The second kappa shape index (κ2) is 20.0. The molecule has 2 fully saturated rings. The first-order valence-corrected chi connectivity index (χ1v) is 20.6. The molecule has 2 aliphatic rings. The van der Waals surface area contributed by atoms with Gasteiger partial charge in [-0.25, -0.2) is 4.68 Å². The van der Waals surface area contributed by atoms with Crippen molar-refractivity contribution in [2.24, 2.45) is 23.5 Å². The van der Waals surface area contributed by atoms with Crippen LogP contribution in [0.15, 0.2) is 30.5 Å². The molecule has 328 valence electrons. The first-order chi connectivity index (χ1) is 27.1. The molecule has 0 saturated carbocycles. The van der Waals surface area contributed by atoms with Gasteiger partial charge in [-0.15, -0.1) is 5.10 Å². The van der Waals surface area contributed by atoms with Crippen LogP contribution in [0.1, 0.15) is 96.3 Å². The van der Waals surface area contributed by atoms with Crippen molar-refractivity contribution in [2.75, 3.05) is 34.3 Å². The molecule has 4 rings (SSSR count). The third kappa shape index (κ3) is 11.4. The Morgan fingerprint density at radius 1 is 1.10 bits per heavy atom. The molecule has 0 radical (unpaired) electrons. The van der Waals surface area contributed by atoms with Crippen molar-refractivity contribution in [3.05, 3.63) is 47.3 Å². The molecule has 2 aromatic rings. The lowest BCUT2D eigenvalue weighted by atomic mass is 9.78. The zero-order valence-corrected chi connectivity index (χ0v) is 36.3. The van der Waals surface area contributed by atoms with Crippen molar-refractivity contribution in [1.82, 2.24) is 24.8 Å². The van der Waals surface area contributed by atoms with E-state index in [1.165, 1.54) is 14.0 Å². The number of rotatable bonds is 11. The Kier molecular flexibility index (Phi) is 16.4. The number of aliphatic hydroxyl groups is 4. The minimum Gasteiger partial charge on any atom is -0.459 e. The number of carbonyl (C=O) groups excluding carboxylic acids is 2. The molecule has 0 aliphatic carbocycles. The van der Waals surface area contributed by atoms with Gasteiger partial charge in [0, 0.05) is 56.4 Å². The summed E-state index contributed by atoms with van der Waals surface area (Å²) in [5.74, 6) is -2.69. The van der Waals surface area contributed by atoms with Crippen LogP contribution < -0.4 is 5.73 Å². The van der Waals surface area contributed by atoms with Crippen LogP contribution in [0.4, 0.5) is 0 Å². The number of ether oxygens (including phenoxy) is 4. The van der Waals surface area contributed by atoms with Gasteiger partial charge in [0.2, 0.25) is 5.91 Å². The molecule has 6 N–H and O–H groups in total. The van der Waals surface area contributed by atoms with Crippen LogP contribution in [0.5, 0.6) is 0 Å². The van der Waals surface area contributed by atoms with Gasteiger partial charge < -0.3 is 54.9 Å². The molecular formula is C42H70N6O10. The number of primary amides is 1. The van der Waals surface area contributed by atoms with Gasteiger partial charge in [0.25, 0.3) is 0 Å². The molecule has 0 bridgehead atoms. The maximum absolute atomic E-state index is 13.8. The number of carbonyl (C=O) groups is 2. The van der Waals surface area contributed by atoms with Gasteiger partial charge in [-0.05, 0) is 91.6 Å². The lowest BCUT2D eigenvalue weighted by Gasteiger charge is -2.47. The Hall–Kier alpha value is -3.06. The van der Waals surface area contributed by atoms with Crippen molar-refractivity contribution in [3.8, 4) is 0 Å². The topological polar surface area (TPSA) is 215 Å². The summed E-state index contributed by atoms with van der Waals surface area (Å²) in [4.78, 5) is 29.2. The van der Waals surface area contributed by atoms with Crippen LogP contribution in [0.3, 0.4) is 0 Å². The molecule has 14 atom stereocenters. The smallest absolute Gasteiger partial charge is 0.311 e. The maximum Gasteiger partial charge on any atom is 0.311 e.